The molecule has 8 nitrogen and oxygen atoms in total. The summed E-state index contributed by atoms with van der Waals surface area (Å²) in [4.78, 5) is 35.9. The van der Waals surface area contributed by atoms with E-state index in [0.717, 1.165) is 11.7 Å². The van der Waals surface area contributed by atoms with Crippen molar-refractivity contribution in [2.75, 3.05) is 7.11 Å². The quantitative estimate of drug-likeness (QED) is 0.654. The van der Waals surface area contributed by atoms with E-state index < -0.39 is 23.6 Å². The molecule has 1 aromatic carbocycles. The van der Waals surface area contributed by atoms with Crippen LogP contribution in [0.25, 0.3) is 5.69 Å². The minimum absolute atomic E-state index is 0.325. The molecule has 0 amide bonds. The zero-order valence-electron chi connectivity index (χ0n) is 11.4. The van der Waals surface area contributed by atoms with Gasteiger partial charge in [-0.25, -0.2) is 14.2 Å². The number of aromatic nitrogens is 2. The second kappa shape index (κ2) is 5.61. The maximum atomic E-state index is 11.8. The number of hydrogen-bond acceptors (Lipinski definition) is 6. The number of carbonyl (C=O) groups excluding carboxylic acids is 1. The molecule has 1 aromatic heterocycles. The van der Waals surface area contributed by atoms with Crippen LogP contribution in [0.3, 0.4) is 0 Å². The molecular formula is C13H13N3O5. The number of ether oxygens (including phenoxy) is 1. The topological polar surface area (TPSA) is 114 Å². The molecule has 0 radical (unpaired) electrons. The third-order valence-corrected chi connectivity index (χ3v) is 3.05. The van der Waals surface area contributed by atoms with Crippen molar-refractivity contribution in [3.63, 3.8) is 0 Å². The van der Waals surface area contributed by atoms with E-state index in [-0.39, 0.29) is 5.69 Å². The van der Waals surface area contributed by atoms with Crippen molar-refractivity contribution in [3.8, 4) is 11.6 Å². The van der Waals surface area contributed by atoms with Gasteiger partial charge in [0.2, 0.25) is 5.88 Å². The number of hydrogen-bond donors (Lipinski definition) is 2. The molecule has 0 spiro atoms. The van der Waals surface area contributed by atoms with Crippen LogP contribution < -0.4 is 5.69 Å². The van der Waals surface area contributed by atoms with E-state index in [9.17, 15) is 19.6 Å². The van der Waals surface area contributed by atoms with Crippen LogP contribution in [0.2, 0.25) is 0 Å². The maximum absolute atomic E-state index is 11.8. The predicted octanol–water partition coefficient (Wildman–Crippen LogP) is 1.49. The van der Waals surface area contributed by atoms with Gasteiger partial charge in [-0.3, -0.25) is 4.98 Å². The van der Waals surface area contributed by atoms with Crippen molar-refractivity contribution in [2.45, 2.75) is 13.0 Å². The van der Waals surface area contributed by atoms with Crippen molar-refractivity contribution in [3.05, 3.63) is 50.9 Å². The number of nitroso groups, excluding NO2 is 1. The Balaban J connectivity index is 2.48. The highest BCUT2D eigenvalue weighted by Gasteiger charge is 2.21. The highest BCUT2D eigenvalue weighted by Crippen LogP contribution is 2.22. The summed E-state index contributed by atoms with van der Waals surface area (Å²) in [7, 11) is 1.14. The van der Waals surface area contributed by atoms with Crippen LogP contribution in [0.4, 0.5) is 0 Å². The van der Waals surface area contributed by atoms with E-state index in [0.29, 0.717) is 11.3 Å². The molecule has 1 atom stereocenters. The summed E-state index contributed by atoms with van der Waals surface area (Å²) in [5.74, 6) is -1.39. The third kappa shape index (κ3) is 2.55. The standard InChI is InChI=1S/C13H13N3O5/c1-7(15-20)8-3-5-9(6-4-8)16-11(17)10(12(18)21-2)14-13(16)19/h3-7,17H,1-2H3,(H,14,19). The molecule has 21 heavy (non-hydrogen) atoms. The molecule has 2 rings (SSSR count). The molecule has 8 heteroatoms. The maximum Gasteiger partial charge on any atom is 0.360 e. The van der Waals surface area contributed by atoms with E-state index in [1.807, 2.05) is 0 Å². The largest absolute Gasteiger partial charge is 0.492 e. The minimum Gasteiger partial charge on any atom is -0.492 e. The lowest BCUT2D eigenvalue weighted by atomic mass is 10.1. The molecule has 1 unspecified atom stereocenters. The summed E-state index contributed by atoms with van der Waals surface area (Å²) in [6.45, 7) is 1.64. The average molecular weight is 291 g/mol. The van der Waals surface area contributed by atoms with Gasteiger partial charge in [0.15, 0.2) is 5.69 Å². The molecule has 0 bridgehead atoms. The summed E-state index contributed by atoms with van der Waals surface area (Å²) in [6, 6.07) is 5.78. The first kappa shape index (κ1) is 14.5. The Morgan fingerprint density at radius 3 is 2.52 bits per heavy atom. The van der Waals surface area contributed by atoms with Gasteiger partial charge < -0.3 is 9.84 Å². The lowest BCUT2D eigenvalue weighted by Crippen LogP contribution is -2.14. The van der Waals surface area contributed by atoms with E-state index >= 15 is 0 Å². The van der Waals surface area contributed by atoms with Crippen LogP contribution >= 0.6 is 0 Å². The fourth-order valence-electron chi connectivity index (χ4n) is 1.87. The van der Waals surface area contributed by atoms with Gasteiger partial charge in [-0.1, -0.05) is 17.3 Å². The van der Waals surface area contributed by atoms with E-state index in [1.165, 1.54) is 12.1 Å². The smallest absolute Gasteiger partial charge is 0.360 e. The lowest BCUT2D eigenvalue weighted by Gasteiger charge is -2.06. The molecule has 2 aromatic rings. The number of esters is 1. The Hall–Kier alpha value is -2.90. The van der Waals surface area contributed by atoms with Crippen LogP contribution in [0, 0.1) is 4.91 Å². The lowest BCUT2D eigenvalue weighted by molar-refractivity contribution is 0.0590. The van der Waals surface area contributed by atoms with Crippen LogP contribution in [0.1, 0.15) is 29.0 Å². The second-order valence-electron chi connectivity index (χ2n) is 4.33. The normalized spacial score (nSPS) is 11.9. The Kier molecular flexibility index (Phi) is 3.88. The Labute approximate surface area is 119 Å². The van der Waals surface area contributed by atoms with E-state index in [2.05, 4.69) is 14.9 Å². The fourth-order valence-corrected chi connectivity index (χ4v) is 1.87. The fraction of sp³-hybridized carbons (Fsp3) is 0.231. The Morgan fingerprint density at radius 1 is 1.38 bits per heavy atom. The van der Waals surface area contributed by atoms with Crippen molar-refractivity contribution in [1.82, 2.24) is 9.55 Å². The van der Waals surface area contributed by atoms with Gasteiger partial charge in [0, 0.05) is 0 Å². The zero-order valence-corrected chi connectivity index (χ0v) is 11.4. The number of carbonyl (C=O) groups is 1. The number of aromatic amines is 1. The number of nitrogens with one attached hydrogen (secondary N) is 1. The van der Waals surface area contributed by atoms with Crippen LogP contribution in [-0.2, 0) is 4.74 Å². The number of aromatic hydroxyl groups is 1. The molecule has 0 aliphatic carbocycles. The third-order valence-electron chi connectivity index (χ3n) is 3.05. The average Bonchev–Trinajstić information content (AvgIpc) is 2.80. The number of H-pyrrole nitrogens is 1. The van der Waals surface area contributed by atoms with Crippen LogP contribution in [-0.4, -0.2) is 27.7 Å². The SMILES string of the molecule is COC(=O)c1[nH]c(=O)n(-c2ccc(C(C)N=O)cc2)c1O. The van der Waals surface area contributed by atoms with E-state index in [1.54, 1.807) is 19.1 Å². The highest BCUT2D eigenvalue weighted by molar-refractivity contribution is 5.89. The zero-order chi connectivity index (χ0) is 15.6. The number of benzene rings is 1. The van der Waals surface area contributed by atoms with Crippen molar-refractivity contribution < 1.29 is 14.6 Å². The van der Waals surface area contributed by atoms with Gasteiger partial charge in [-0.05, 0) is 24.6 Å². The van der Waals surface area contributed by atoms with Crippen LogP contribution in [0.5, 0.6) is 5.88 Å². The van der Waals surface area contributed by atoms with Gasteiger partial charge in [-0.15, -0.1) is 0 Å². The molecule has 0 saturated heterocycles. The number of imidazole rings is 1. The molecule has 0 aliphatic rings. The van der Waals surface area contributed by atoms with Gasteiger partial charge in [-0.2, -0.15) is 4.91 Å². The van der Waals surface area contributed by atoms with Gasteiger partial charge >= 0.3 is 11.7 Å². The molecule has 0 saturated carbocycles. The molecular weight excluding hydrogens is 278 g/mol. The summed E-state index contributed by atoms with van der Waals surface area (Å²) in [6.07, 6.45) is 0. The molecule has 1 heterocycles. The summed E-state index contributed by atoms with van der Waals surface area (Å²) in [5.41, 5.74) is 0.00693. The highest BCUT2D eigenvalue weighted by atomic mass is 16.5. The van der Waals surface area contributed by atoms with Crippen molar-refractivity contribution in [1.29, 1.82) is 0 Å². The molecule has 110 valence electrons. The van der Waals surface area contributed by atoms with Crippen LogP contribution in [0.15, 0.2) is 34.2 Å². The van der Waals surface area contributed by atoms with Crippen molar-refractivity contribution >= 4 is 5.97 Å². The van der Waals surface area contributed by atoms with Crippen molar-refractivity contribution in [2.24, 2.45) is 5.18 Å². The first-order valence-corrected chi connectivity index (χ1v) is 6.04. The molecule has 2 N–H and O–H groups in total. The number of rotatable bonds is 4. The monoisotopic (exact) mass is 291 g/mol. The summed E-state index contributed by atoms with van der Waals surface area (Å²) >= 11 is 0. The Bertz CT molecular complexity index is 729. The number of nitrogens with zero attached hydrogens (tertiary/aromatic N) is 2. The first-order chi connectivity index (χ1) is 9.99. The number of methoxy groups -OCH3 is 1. The molecule has 0 fully saturated rings. The van der Waals surface area contributed by atoms with E-state index in [4.69, 9.17) is 0 Å². The van der Waals surface area contributed by atoms with Gasteiger partial charge in [0.25, 0.3) is 0 Å². The second-order valence-corrected chi connectivity index (χ2v) is 4.33. The minimum atomic E-state index is -0.848. The summed E-state index contributed by atoms with van der Waals surface area (Å²) < 4.78 is 5.38. The molecule has 0 aliphatic heterocycles. The summed E-state index contributed by atoms with van der Waals surface area (Å²) in [5, 5.41) is 12.9. The van der Waals surface area contributed by atoms with Gasteiger partial charge in [0.05, 0.1) is 12.8 Å². The van der Waals surface area contributed by atoms with Gasteiger partial charge in [0.1, 0.15) is 6.04 Å². The predicted molar refractivity (Wildman–Crippen MR) is 73.6 cm³/mol. The Morgan fingerprint density at radius 2 is 2.00 bits per heavy atom. The first-order valence-electron chi connectivity index (χ1n) is 6.04.